The topological polar surface area (TPSA) is 149 Å². The number of aromatic nitrogens is 3. The van der Waals surface area contributed by atoms with Gasteiger partial charge in [-0.2, -0.15) is 15.8 Å². The van der Waals surface area contributed by atoms with E-state index in [4.69, 9.17) is 9.79 Å². The average molecular weight is 251 g/mol. The maximum Gasteiger partial charge on any atom is 0.345 e. The van der Waals surface area contributed by atoms with E-state index in [0.29, 0.717) is 0 Å². The molecule has 90 valence electrons. The molecule has 1 aromatic rings. The van der Waals surface area contributed by atoms with Gasteiger partial charge in [0.25, 0.3) is 0 Å². The van der Waals surface area contributed by atoms with Crippen molar-refractivity contribution in [2.45, 2.75) is 0 Å². The normalized spacial score (nSPS) is 11.1. The number of carbonyl (C=O) groups excluding carboxylic acids is 1. The second-order valence-corrected chi connectivity index (χ2v) is 4.33. The number of aromatic amines is 1. The van der Waals surface area contributed by atoms with E-state index in [1.165, 1.54) is 6.20 Å². The first-order chi connectivity index (χ1) is 7.47. The van der Waals surface area contributed by atoms with Gasteiger partial charge in [0.05, 0.1) is 19.0 Å². The Morgan fingerprint density at radius 3 is 2.94 bits per heavy atom. The number of hydrogen-bond donors (Lipinski definition) is 5. The molecule has 0 amide bonds. The summed E-state index contributed by atoms with van der Waals surface area (Å²) in [6.45, 7) is -0.337. The number of rotatable bonds is 6. The Hall–Kier alpha value is -1.48. The van der Waals surface area contributed by atoms with Crippen LogP contribution in [0.15, 0.2) is 6.20 Å². The minimum atomic E-state index is -4.16. The molecule has 0 saturated carbocycles. The second-order valence-electron chi connectivity index (χ2n) is 2.68. The molecule has 1 heterocycles. The van der Waals surface area contributed by atoms with Gasteiger partial charge in [-0.25, -0.2) is 4.79 Å². The van der Waals surface area contributed by atoms with Crippen LogP contribution in [-0.4, -0.2) is 44.0 Å². The van der Waals surface area contributed by atoms with Crippen LogP contribution in [0.4, 0.5) is 5.82 Å². The maximum atomic E-state index is 11.0. The molecule has 0 aromatic carbocycles. The highest BCUT2D eigenvalue weighted by molar-refractivity contribution is 7.51. The van der Waals surface area contributed by atoms with Crippen LogP contribution in [-0.2, 0) is 14.2 Å². The van der Waals surface area contributed by atoms with Gasteiger partial charge < -0.3 is 14.6 Å². The molecule has 16 heavy (non-hydrogen) atoms. The zero-order valence-corrected chi connectivity index (χ0v) is 8.85. The summed E-state index contributed by atoms with van der Waals surface area (Å²) in [5.41, 5.74) is 2.18. The van der Waals surface area contributed by atoms with E-state index < -0.39 is 19.9 Å². The number of nitrogens with one attached hydrogen (secondary N) is 3. The summed E-state index contributed by atoms with van der Waals surface area (Å²) < 4.78 is 10.4. The summed E-state index contributed by atoms with van der Waals surface area (Å²) in [6.07, 6.45) is 0.697. The molecule has 0 saturated heterocycles. The van der Waals surface area contributed by atoms with Gasteiger partial charge in [-0.1, -0.05) is 0 Å². The van der Waals surface area contributed by atoms with E-state index in [9.17, 15) is 9.36 Å². The van der Waals surface area contributed by atoms with Crippen molar-refractivity contribution in [3.63, 3.8) is 0 Å². The molecule has 0 aliphatic heterocycles. The second kappa shape index (κ2) is 5.56. The van der Waals surface area contributed by atoms with Crippen molar-refractivity contribution in [1.82, 2.24) is 20.7 Å². The van der Waals surface area contributed by atoms with Crippen molar-refractivity contribution in [2.75, 3.05) is 18.3 Å². The van der Waals surface area contributed by atoms with Crippen molar-refractivity contribution in [3.05, 3.63) is 6.20 Å². The molecule has 0 radical (unpaired) electrons. The van der Waals surface area contributed by atoms with Crippen molar-refractivity contribution in [3.8, 4) is 0 Å². The third-order valence-electron chi connectivity index (χ3n) is 1.27. The van der Waals surface area contributed by atoms with Crippen LogP contribution < -0.4 is 10.8 Å². The molecule has 1 rings (SSSR count). The molecule has 0 atom stereocenters. The molecule has 0 aliphatic rings. The summed E-state index contributed by atoms with van der Waals surface area (Å²) >= 11 is 0. The maximum absolute atomic E-state index is 11.0. The summed E-state index contributed by atoms with van der Waals surface area (Å²) in [5, 5.41) is 11.5. The third-order valence-corrected chi connectivity index (χ3v) is 1.91. The average Bonchev–Trinajstić information content (AvgIpc) is 2.65. The highest BCUT2D eigenvalue weighted by Crippen LogP contribution is 2.31. The third kappa shape index (κ3) is 5.41. The van der Waals surface area contributed by atoms with Crippen molar-refractivity contribution >= 4 is 19.4 Å². The smallest absolute Gasteiger partial charge is 0.340 e. The Bertz CT molecular complexity index is 375. The molecule has 1 aromatic heterocycles. The van der Waals surface area contributed by atoms with Crippen LogP contribution in [0, 0.1) is 0 Å². The Balaban J connectivity index is 2.14. The van der Waals surface area contributed by atoms with Crippen LogP contribution in [0.2, 0.25) is 0 Å². The lowest BCUT2D eigenvalue weighted by atomic mass is 10.7. The molecule has 0 spiro atoms. The minimum Gasteiger partial charge on any atom is -0.340 e. The first-order valence-electron chi connectivity index (χ1n) is 4.04. The van der Waals surface area contributed by atoms with Gasteiger partial charge in [0.15, 0.2) is 0 Å². The van der Waals surface area contributed by atoms with E-state index in [-0.39, 0.29) is 12.4 Å². The predicted molar refractivity (Wildman–Crippen MR) is 51.0 cm³/mol. The van der Waals surface area contributed by atoms with Crippen LogP contribution in [0.25, 0.3) is 0 Å². The molecular weight excluding hydrogens is 241 g/mol. The Morgan fingerprint density at radius 2 is 2.38 bits per heavy atom. The quantitative estimate of drug-likeness (QED) is 0.297. The molecule has 0 unspecified atom stereocenters. The van der Waals surface area contributed by atoms with Gasteiger partial charge in [-0.05, 0) is 0 Å². The summed E-state index contributed by atoms with van der Waals surface area (Å²) in [5.74, 6) is -0.528. The molecular formula is C5H10N5O5P. The predicted octanol–water partition coefficient (Wildman–Crippen LogP) is -1.60. The van der Waals surface area contributed by atoms with Crippen molar-refractivity contribution in [1.29, 1.82) is 0 Å². The Labute approximate surface area is 89.5 Å². The highest BCUT2D eigenvalue weighted by Gasteiger charge is 2.13. The summed E-state index contributed by atoms with van der Waals surface area (Å²) in [6, 6.07) is 0. The lowest BCUT2D eigenvalue weighted by molar-refractivity contribution is -0.139. The van der Waals surface area contributed by atoms with Gasteiger partial charge >= 0.3 is 13.6 Å². The molecule has 5 N–H and O–H groups in total. The number of anilines is 1. The number of hydrogen-bond acceptors (Lipinski definition) is 7. The zero-order valence-electron chi connectivity index (χ0n) is 7.95. The van der Waals surface area contributed by atoms with Crippen LogP contribution in [0.3, 0.4) is 0 Å². The fourth-order valence-corrected chi connectivity index (χ4v) is 1.10. The molecule has 0 fully saturated rings. The van der Waals surface area contributed by atoms with E-state index in [1.807, 2.05) is 0 Å². The van der Waals surface area contributed by atoms with Gasteiger partial charge in [0.2, 0.25) is 5.82 Å². The van der Waals surface area contributed by atoms with E-state index in [2.05, 4.69) is 31.0 Å². The van der Waals surface area contributed by atoms with Crippen LogP contribution in [0.5, 0.6) is 0 Å². The van der Waals surface area contributed by atoms with Gasteiger partial charge in [0.1, 0.15) is 0 Å². The fraction of sp³-hybridized carbons (Fsp3) is 0.400. The molecule has 10 nitrogen and oxygen atoms in total. The summed E-state index contributed by atoms with van der Waals surface area (Å²) in [4.78, 5) is 32.4. The zero-order chi connectivity index (χ0) is 12.0. The Morgan fingerprint density at radius 1 is 1.62 bits per heavy atom. The van der Waals surface area contributed by atoms with E-state index in [1.54, 1.807) is 0 Å². The van der Waals surface area contributed by atoms with E-state index >= 15 is 0 Å². The summed E-state index contributed by atoms with van der Waals surface area (Å²) in [7, 11) is -4.16. The minimum absolute atomic E-state index is 0.211. The number of carbonyl (C=O) groups is 1. The van der Waals surface area contributed by atoms with Gasteiger partial charge in [0, 0.05) is 0 Å². The lowest BCUT2D eigenvalue weighted by Gasteiger charge is -2.06. The largest absolute Gasteiger partial charge is 0.345 e. The first kappa shape index (κ1) is 12.6. The standard InChI is InChI=1S/C5H10N5O5P/c11-5(2-6-3-16(12,13)14)15-9-4-1-7-10-8-4/h1,6H,2-3H2,(H2,12,13,14)(H2,7,8,9,10). The highest BCUT2D eigenvalue weighted by atomic mass is 31.2. The van der Waals surface area contributed by atoms with Crippen LogP contribution in [0.1, 0.15) is 0 Å². The van der Waals surface area contributed by atoms with E-state index in [0.717, 1.165) is 0 Å². The lowest BCUT2D eigenvalue weighted by Crippen LogP contribution is -2.27. The molecule has 0 bridgehead atoms. The molecule has 11 heteroatoms. The van der Waals surface area contributed by atoms with Gasteiger partial charge in [-0.3, -0.25) is 9.88 Å². The molecule has 0 aliphatic carbocycles. The van der Waals surface area contributed by atoms with Crippen molar-refractivity contribution < 1.29 is 24.0 Å². The SMILES string of the molecule is O=C(CNCP(=O)(O)O)ONc1cn[nH]n1. The van der Waals surface area contributed by atoms with Crippen molar-refractivity contribution in [2.24, 2.45) is 0 Å². The number of H-pyrrole nitrogens is 1. The van der Waals surface area contributed by atoms with Gasteiger partial charge in [-0.15, -0.1) is 5.10 Å². The Kier molecular flexibility index (Phi) is 4.38. The number of nitrogens with zero attached hydrogens (tertiary/aromatic N) is 2. The van der Waals surface area contributed by atoms with Crippen LogP contribution >= 0.6 is 7.60 Å². The fourth-order valence-electron chi connectivity index (χ4n) is 0.700. The first-order valence-corrected chi connectivity index (χ1v) is 5.84. The monoisotopic (exact) mass is 251 g/mol.